The van der Waals surface area contributed by atoms with E-state index in [9.17, 15) is 0 Å². The molecule has 0 aliphatic heterocycles. The number of fused-ring (bicyclic) bond motifs is 5. The highest BCUT2D eigenvalue weighted by Crippen LogP contribution is 2.41. The molecule has 1 unspecified atom stereocenters. The average molecular weight is 296 g/mol. The Morgan fingerprint density at radius 3 is 3.00 bits per heavy atom. The van der Waals surface area contributed by atoms with E-state index in [0.717, 1.165) is 25.7 Å². The van der Waals surface area contributed by atoms with Crippen LogP contribution in [0.25, 0.3) is 22.2 Å². The first kappa shape index (κ1) is 13.1. The van der Waals surface area contributed by atoms with Crippen molar-refractivity contribution in [2.45, 2.75) is 38.6 Å². The van der Waals surface area contributed by atoms with Gasteiger partial charge in [0.05, 0.1) is 5.69 Å². The number of thiophene rings is 1. The number of aromatic amines is 1. The molecule has 3 N–H and O–H groups in total. The van der Waals surface area contributed by atoms with E-state index in [-0.39, 0.29) is 6.04 Å². The van der Waals surface area contributed by atoms with Crippen LogP contribution < -0.4 is 5.73 Å². The number of hydrogen-bond donors (Lipinski definition) is 2. The van der Waals surface area contributed by atoms with E-state index < -0.39 is 0 Å². The second kappa shape index (κ2) is 5.00. The van der Waals surface area contributed by atoms with Crippen molar-refractivity contribution < 1.29 is 0 Å². The highest BCUT2D eigenvalue weighted by Gasteiger charge is 2.23. The molecule has 2 heterocycles. The van der Waals surface area contributed by atoms with Gasteiger partial charge in [-0.25, -0.2) is 0 Å². The lowest BCUT2D eigenvalue weighted by molar-refractivity contribution is 0.652. The zero-order valence-corrected chi connectivity index (χ0v) is 13.1. The van der Waals surface area contributed by atoms with Crippen molar-refractivity contribution in [3.63, 3.8) is 0 Å². The number of nitrogens with one attached hydrogen (secondary N) is 1. The average Bonchev–Trinajstić information content (AvgIpc) is 3.07. The van der Waals surface area contributed by atoms with Gasteiger partial charge in [0.15, 0.2) is 0 Å². The van der Waals surface area contributed by atoms with Crippen molar-refractivity contribution in [3.05, 3.63) is 45.6 Å². The lowest BCUT2D eigenvalue weighted by Crippen LogP contribution is -2.20. The Bertz CT molecular complexity index is 797. The lowest BCUT2D eigenvalue weighted by Gasteiger charge is -2.11. The predicted octanol–water partition coefficient (Wildman–Crippen LogP) is 4.27. The Balaban J connectivity index is 1.81. The molecule has 0 saturated carbocycles. The smallest absolute Gasteiger partial charge is 0.0508 e. The summed E-state index contributed by atoms with van der Waals surface area (Å²) >= 11 is 1.95. The standard InChI is InChI=1S/C18H20N2S/c1-2-11(19)9-12-10-15-17(21-12)8-7-14-13-5-3-4-6-16(13)20-18(14)15/h3-6,10-11,20H,2,7-9,19H2,1H3. The lowest BCUT2D eigenvalue weighted by atomic mass is 9.94. The van der Waals surface area contributed by atoms with Gasteiger partial charge in [-0.2, -0.15) is 0 Å². The zero-order valence-electron chi connectivity index (χ0n) is 12.3. The minimum Gasteiger partial charge on any atom is -0.354 e. The molecule has 3 heteroatoms. The summed E-state index contributed by atoms with van der Waals surface area (Å²) in [5, 5.41) is 1.39. The molecule has 1 aliphatic carbocycles. The van der Waals surface area contributed by atoms with Crippen LogP contribution in [0, 0.1) is 0 Å². The van der Waals surface area contributed by atoms with Gasteiger partial charge in [-0.3, -0.25) is 0 Å². The first-order chi connectivity index (χ1) is 10.3. The van der Waals surface area contributed by atoms with Gasteiger partial charge in [-0.1, -0.05) is 25.1 Å². The maximum absolute atomic E-state index is 6.12. The fraction of sp³-hybridized carbons (Fsp3) is 0.333. The van der Waals surface area contributed by atoms with Crippen molar-refractivity contribution in [2.24, 2.45) is 5.73 Å². The summed E-state index contributed by atoms with van der Waals surface area (Å²) < 4.78 is 0. The van der Waals surface area contributed by atoms with E-state index in [0.29, 0.717) is 0 Å². The molecular weight excluding hydrogens is 276 g/mol. The van der Waals surface area contributed by atoms with Crippen LogP contribution in [0.2, 0.25) is 0 Å². The monoisotopic (exact) mass is 296 g/mol. The van der Waals surface area contributed by atoms with Gasteiger partial charge in [0, 0.05) is 32.3 Å². The Morgan fingerprint density at radius 1 is 1.29 bits per heavy atom. The van der Waals surface area contributed by atoms with Crippen LogP contribution in [0.5, 0.6) is 0 Å². The normalized spacial score (nSPS) is 15.0. The molecular formula is C18H20N2S. The third-order valence-corrected chi connectivity index (χ3v) is 5.75. The van der Waals surface area contributed by atoms with Crippen molar-refractivity contribution in [3.8, 4) is 11.3 Å². The summed E-state index contributed by atoms with van der Waals surface area (Å²) in [4.78, 5) is 6.58. The van der Waals surface area contributed by atoms with Gasteiger partial charge < -0.3 is 10.7 Å². The molecule has 1 aromatic carbocycles. The molecule has 4 rings (SSSR count). The van der Waals surface area contributed by atoms with Gasteiger partial charge in [0.2, 0.25) is 0 Å². The van der Waals surface area contributed by atoms with Crippen LogP contribution >= 0.6 is 11.3 Å². The van der Waals surface area contributed by atoms with Gasteiger partial charge in [-0.05, 0) is 43.4 Å². The Labute approximate surface area is 129 Å². The number of nitrogens with two attached hydrogens (primary N) is 1. The van der Waals surface area contributed by atoms with Crippen LogP contribution in [0.3, 0.4) is 0 Å². The van der Waals surface area contributed by atoms with Crippen LogP contribution in [0.4, 0.5) is 0 Å². The maximum atomic E-state index is 6.12. The summed E-state index contributed by atoms with van der Waals surface area (Å²) in [6, 6.07) is 11.3. The molecule has 108 valence electrons. The Morgan fingerprint density at radius 2 is 2.14 bits per heavy atom. The number of hydrogen-bond acceptors (Lipinski definition) is 2. The van der Waals surface area contributed by atoms with Crippen LogP contribution in [0.15, 0.2) is 30.3 Å². The second-order valence-electron chi connectivity index (χ2n) is 5.95. The van der Waals surface area contributed by atoms with Crippen LogP contribution in [-0.2, 0) is 19.3 Å². The number of H-pyrrole nitrogens is 1. The van der Waals surface area contributed by atoms with E-state index in [1.807, 2.05) is 11.3 Å². The summed E-state index contributed by atoms with van der Waals surface area (Å²) in [5.41, 5.74) is 11.6. The highest BCUT2D eigenvalue weighted by molar-refractivity contribution is 7.12. The minimum absolute atomic E-state index is 0.285. The van der Waals surface area contributed by atoms with E-state index in [4.69, 9.17) is 5.73 Å². The Hall–Kier alpha value is -1.58. The van der Waals surface area contributed by atoms with Crippen molar-refractivity contribution in [1.82, 2.24) is 4.98 Å². The fourth-order valence-corrected chi connectivity index (χ4v) is 4.58. The first-order valence-electron chi connectivity index (χ1n) is 7.73. The Kier molecular flexibility index (Phi) is 3.12. The summed E-state index contributed by atoms with van der Waals surface area (Å²) in [7, 11) is 0. The largest absolute Gasteiger partial charge is 0.354 e. The van der Waals surface area contributed by atoms with E-state index in [2.05, 4.69) is 42.2 Å². The molecule has 2 nitrogen and oxygen atoms in total. The van der Waals surface area contributed by atoms with Crippen LogP contribution in [0.1, 0.15) is 28.7 Å². The number of benzene rings is 1. The molecule has 0 amide bonds. The summed E-state index contributed by atoms with van der Waals surface area (Å²) in [6.07, 6.45) is 4.35. The minimum atomic E-state index is 0.285. The predicted molar refractivity (Wildman–Crippen MR) is 91.0 cm³/mol. The molecule has 0 fully saturated rings. The van der Waals surface area contributed by atoms with Gasteiger partial charge >= 0.3 is 0 Å². The number of aryl methyl sites for hydroxylation is 2. The van der Waals surface area contributed by atoms with Crippen molar-refractivity contribution in [2.75, 3.05) is 0 Å². The quantitative estimate of drug-likeness (QED) is 0.744. The molecule has 0 bridgehead atoms. The topological polar surface area (TPSA) is 41.8 Å². The maximum Gasteiger partial charge on any atom is 0.0508 e. The molecule has 21 heavy (non-hydrogen) atoms. The second-order valence-corrected chi connectivity index (χ2v) is 7.17. The molecule has 1 atom stereocenters. The molecule has 2 aromatic heterocycles. The highest BCUT2D eigenvalue weighted by atomic mass is 32.1. The van der Waals surface area contributed by atoms with Gasteiger partial charge in [0.1, 0.15) is 0 Å². The molecule has 3 aromatic rings. The number of aromatic nitrogens is 1. The third kappa shape index (κ3) is 2.12. The molecule has 0 spiro atoms. The van der Waals surface area contributed by atoms with Crippen molar-refractivity contribution >= 4 is 22.2 Å². The van der Waals surface area contributed by atoms with Crippen molar-refractivity contribution in [1.29, 1.82) is 0 Å². The fourth-order valence-electron chi connectivity index (χ4n) is 3.31. The van der Waals surface area contributed by atoms with E-state index in [1.54, 1.807) is 0 Å². The van der Waals surface area contributed by atoms with Gasteiger partial charge in [0.25, 0.3) is 0 Å². The molecule has 0 radical (unpaired) electrons. The molecule has 0 saturated heterocycles. The van der Waals surface area contributed by atoms with Crippen LogP contribution in [-0.4, -0.2) is 11.0 Å². The molecule has 1 aliphatic rings. The zero-order chi connectivity index (χ0) is 14.4. The SMILES string of the molecule is CCC(N)Cc1cc2c(s1)CCc1c-2[nH]c2ccccc12. The first-order valence-corrected chi connectivity index (χ1v) is 8.55. The van der Waals surface area contributed by atoms with E-state index in [1.165, 1.54) is 37.5 Å². The summed E-state index contributed by atoms with van der Waals surface area (Å²) in [6.45, 7) is 2.16. The summed E-state index contributed by atoms with van der Waals surface area (Å²) in [5.74, 6) is 0. The van der Waals surface area contributed by atoms with E-state index >= 15 is 0 Å². The number of rotatable bonds is 3. The third-order valence-electron chi connectivity index (χ3n) is 4.53. The van der Waals surface area contributed by atoms with Gasteiger partial charge in [-0.15, -0.1) is 11.3 Å². The number of para-hydroxylation sites is 1.